The molecule has 0 aliphatic heterocycles. The predicted octanol–water partition coefficient (Wildman–Crippen LogP) is 2.63. The third-order valence-corrected chi connectivity index (χ3v) is 2.54. The molecule has 0 radical (unpaired) electrons. The molecule has 18 heavy (non-hydrogen) atoms. The molecule has 0 bridgehead atoms. The molecule has 0 aliphatic carbocycles. The molecular weight excluding hydrogens is 257 g/mol. The van der Waals surface area contributed by atoms with Gasteiger partial charge in [-0.05, 0) is 35.7 Å². The van der Waals surface area contributed by atoms with Gasteiger partial charge in [-0.1, -0.05) is 12.1 Å². The molecule has 0 saturated carbocycles. The van der Waals surface area contributed by atoms with Crippen molar-refractivity contribution >= 4 is 17.4 Å². The van der Waals surface area contributed by atoms with E-state index in [0.717, 1.165) is 11.8 Å². The second-order valence-electron chi connectivity index (χ2n) is 3.68. The van der Waals surface area contributed by atoms with Gasteiger partial charge in [-0.2, -0.15) is 4.98 Å². The molecule has 2 rings (SSSR count). The molecule has 0 saturated heterocycles. The summed E-state index contributed by atoms with van der Waals surface area (Å²) < 4.78 is 13.3. The van der Waals surface area contributed by atoms with Crippen LogP contribution in [0.4, 0.5) is 10.2 Å². The van der Waals surface area contributed by atoms with Gasteiger partial charge >= 0.3 is 0 Å². The molecule has 4 nitrogen and oxygen atoms in total. The van der Waals surface area contributed by atoms with Crippen LogP contribution in [0.5, 0.6) is 5.75 Å². The predicted molar refractivity (Wildman–Crippen MR) is 67.3 cm³/mol. The summed E-state index contributed by atoms with van der Waals surface area (Å²) in [5.74, 6) is -0.223. The smallest absolute Gasteiger partial charge is 0.224 e. The number of benzene rings is 1. The lowest BCUT2D eigenvalue weighted by Gasteiger charge is -2.06. The van der Waals surface area contributed by atoms with Gasteiger partial charge in [-0.3, -0.25) is 0 Å². The quantitative estimate of drug-likeness (QED) is 0.836. The van der Waals surface area contributed by atoms with Crippen molar-refractivity contribution in [2.24, 2.45) is 0 Å². The van der Waals surface area contributed by atoms with Gasteiger partial charge in [0.15, 0.2) is 11.6 Å². The molecule has 6 heteroatoms. The van der Waals surface area contributed by atoms with Gasteiger partial charge < -0.3 is 10.4 Å². The zero-order chi connectivity index (χ0) is 13.0. The lowest BCUT2D eigenvalue weighted by Crippen LogP contribution is -2.08. The van der Waals surface area contributed by atoms with Crippen LogP contribution in [-0.2, 0) is 6.42 Å². The summed E-state index contributed by atoms with van der Waals surface area (Å²) in [4.78, 5) is 7.27. The molecule has 0 fully saturated rings. The van der Waals surface area contributed by atoms with Gasteiger partial charge in [-0.15, -0.1) is 0 Å². The maximum atomic E-state index is 13.3. The largest absolute Gasteiger partial charge is 0.508 e. The van der Waals surface area contributed by atoms with Gasteiger partial charge in [0.05, 0.1) is 6.20 Å². The number of aromatic hydroxyl groups is 1. The van der Waals surface area contributed by atoms with Crippen LogP contribution in [0.1, 0.15) is 5.56 Å². The Balaban J connectivity index is 1.92. The number of nitrogens with zero attached hydrogens (tertiary/aromatic N) is 2. The van der Waals surface area contributed by atoms with Gasteiger partial charge in [0, 0.05) is 6.54 Å². The molecule has 2 aromatic rings. The standard InChI is InChI=1S/C12H11ClFN3O/c13-12-16-7-10(14)11(17-12)15-6-5-8-1-3-9(18)4-2-8/h1-4,7,18H,5-6H2,(H,15,16,17). The summed E-state index contributed by atoms with van der Waals surface area (Å²) in [7, 11) is 0. The molecule has 0 atom stereocenters. The van der Waals surface area contributed by atoms with Crippen molar-refractivity contribution < 1.29 is 9.50 Å². The molecule has 1 aromatic carbocycles. The topological polar surface area (TPSA) is 58.0 Å². The fourth-order valence-corrected chi connectivity index (χ4v) is 1.59. The van der Waals surface area contributed by atoms with Gasteiger partial charge in [0.2, 0.25) is 5.28 Å². The molecule has 1 aromatic heterocycles. The first-order valence-electron chi connectivity index (χ1n) is 5.35. The Morgan fingerprint density at radius 2 is 2.00 bits per heavy atom. The maximum Gasteiger partial charge on any atom is 0.224 e. The van der Waals surface area contributed by atoms with Gasteiger partial charge in [0.25, 0.3) is 0 Å². The van der Waals surface area contributed by atoms with Crippen LogP contribution in [0.2, 0.25) is 5.28 Å². The van der Waals surface area contributed by atoms with Crippen molar-refractivity contribution in [3.05, 3.63) is 47.1 Å². The van der Waals surface area contributed by atoms with E-state index in [1.165, 1.54) is 0 Å². The number of phenolic OH excluding ortho intramolecular Hbond substituents is 1. The van der Waals surface area contributed by atoms with E-state index in [2.05, 4.69) is 15.3 Å². The highest BCUT2D eigenvalue weighted by Gasteiger charge is 2.04. The number of phenols is 1. The highest BCUT2D eigenvalue weighted by Crippen LogP contribution is 2.13. The number of hydrogen-bond donors (Lipinski definition) is 2. The molecule has 0 unspecified atom stereocenters. The number of hydrogen-bond acceptors (Lipinski definition) is 4. The van der Waals surface area contributed by atoms with E-state index < -0.39 is 5.82 Å². The Morgan fingerprint density at radius 1 is 1.28 bits per heavy atom. The van der Waals surface area contributed by atoms with Crippen molar-refractivity contribution in [2.45, 2.75) is 6.42 Å². The molecular formula is C12H11ClFN3O. The highest BCUT2D eigenvalue weighted by atomic mass is 35.5. The van der Waals surface area contributed by atoms with E-state index in [1.54, 1.807) is 24.3 Å². The average Bonchev–Trinajstić information content (AvgIpc) is 2.36. The first-order valence-corrected chi connectivity index (χ1v) is 5.73. The Labute approximate surface area is 108 Å². The first kappa shape index (κ1) is 12.6. The minimum absolute atomic E-state index is 0.00327. The van der Waals surface area contributed by atoms with Gasteiger partial charge in [-0.25, -0.2) is 9.37 Å². The molecule has 2 N–H and O–H groups in total. The summed E-state index contributed by atoms with van der Waals surface area (Å²) in [5.41, 5.74) is 1.03. The second-order valence-corrected chi connectivity index (χ2v) is 4.02. The van der Waals surface area contributed by atoms with Gasteiger partial charge in [0.1, 0.15) is 5.75 Å². The Bertz CT molecular complexity index is 533. The van der Waals surface area contributed by atoms with Crippen molar-refractivity contribution in [1.29, 1.82) is 0 Å². The first-order chi connectivity index (χ1) is 8.65. The van der Waals surface area contributed by atoms with Crippen LogP contribution in [0.25, 0.3) is 0 Å². The monoisotopic (exact) mass is 267 g/mol. The normalized spacial score (nSPS) is 10.3. The summed E-state index contributed by atoms with van der Waals surface area (Å²) in [6.45, 7) is 0.509. The lowest BCUT2D eigenvalue weighted by atomic mass is 10.1. The Kier molecular flexibility index (Phi) is 3.94. The Hall–Kier alpha value is -1.88. The van der Waals surface area contributed by atoms with E-state index in [1.807, 2.05) is 0 Å². The van der Waals surface area contributed by atoms with Crippen molar-refractivity contribution in [2.75, 3.05) is 11.9 Å². The zero-order valence-corrected chi connectivity index (χ0v) is 10.2. The van der Waals surface area contributed by atoms with Crippen molar-refractivity contribution in [1.82, 2.24) is 9.97 Å². The van der Waals surface area contributed by atoms with Crippen LogP contribution >= 0.6 is 11.6 Å². The van der Waals surface area contributed by atoms with E-state index in [4.69, 9.17) is 16.7 Å². The van der Waals surface area contributed by atoms with Crippen LogP contribution in [0.15, 0.2) is 30.5 Å². The van der Waals surface area contributed by atoms with Crippen molar-refractivity contribution in [3.63, 3.8) is 0 Å². The number of halogens is 2. The van der Waals surface area contributed by atoms with Crippen LogP contribution < -0.4 is 5.32 Å². The average molecular weight is 268 g/mol. The third kappa shape index (κ3) is 3.30. The van der Waals surface area contributed by atoms with E-state index in [-0.39, 0.29) is 16.9 Å². The third-order valence-electron chi connectivity index (χ3n) is 2.36. The highest BCUT2D eigenvalue weighted by molar-refractivity contribution is 6.28. The number of anilines is 1. The maximum absolute atomic E-state index is 13.3. The van der Waals surface area contributed by atoms with Crippen LogP contribution in [-0.4, -0.2) is 21.6 Å². The molecule has 94 valence electrons. The summed E-state index contributed by atoms with van der Waals surface area (Å²) in [5, 5.41) is 12.0. The molecule has 0 spiro atoms. The van der Waals surface area contributed by atoms with Crippen LogP contribution in [0, 0.1) is 5.82 Å². The number of rotatable bonds is 4. The second kappa shape index (κ2) is 5.64. The minimum atomic E-state index is -0.537. The number of aromatic nitrogens is 2. The number of nitrogens with one attached hydrogen (secondary N) is 1. The SMILES string of the molecule is Oc1ccc(CCNc2nc(Cl)ncc2F)cc1. The summed E-state index contributed by atoms with van der Waals surface area (Å²) in [6.07, 6.45) is 1.71. The lowest BCUT2D eigenvalue weighted by molar-refractivity contribution is 0.475. The summed E-state index contributed by atoms with van der Waals surface area (Å²) >= 11 is 5.57. The van der Waals surface area contributed by atoms with E-state index in [9.17, 15) is 4.39 Å². The molecule has 0 aliphatic rings. The van der Waals surface area contributed by atoms with E-state index >= 15 is 0 Å². The van der Waals surface area contributed by atoms with Crippen molar-refractivity contribution in [3.8, 4) is 5.75 Å². The zero-order valence-electron chi connectivity index (χ0n) is 9.40. The minimum Gasteiger partial charge on any atom is -0.508 e. The fraction of sp³-hybridized carbons (Fsp3) is 0.167. The molecule has 0 amide bonds. The van der Waals surface area contributed by atoms with E-state index in [0.29, 0.717) is 13.0 Å². The summed E-state index contributed by atoms with van der Waals surface area (Å²) in [6, 6.07) is 6.83. The van der Waals surface area contributed by atoms with Crippen LogP contribution in [0.3, 0.4) is 0 Å². The fourth-order valence-electron chi connectivity index (χ4n) is 1.46. The Morgan fingerprint density at radius 3 is 2.72 bits per heavy atom. The molecule has 1 heterocycles.